The van der Waals surface area contributed by atoms with E-state index in [9.17, 15) is 9.59 Å². The molecule has 0 saturated carbocycles. The molecule has 2 aromatic heterocycles. The van der Waals surface area contributed by atoms with Gasteiger partial charge in [0.2, 0.25) is 5.91 Å². The zero-order chi connectivity index (χ0) is 14.4. The van der Waals surface area contributed by atoms with Crippen molar-refractivity contribution in [1.82, 2.24) is 14.7 Å². The molecule has 0 bridgehead atoms. The number of hydrogen-bond acceptors (Lipinski definition) is 4. The van der Waals surface area contributed by atoms with Crippen molar-refractivity contribution in [2.24, 2.45) is 0 Å². The number of fused-ring (bicyclic) bond motifs is 1. The van der Waals surface area contributed by atoms with Crippen LogP contribution in [0.4, 0.5) is 0 Å². The Bertz CT molecular complexity index is 573. The van der Waals surface area contributed by atoms with Crippen molar-refractivity contribution in [2.45, 2.75) is 19.8 Å². The lowest BCUT2D eigenvalue weighted by Crippen LogP contribution is -2.28. The summed E-state index contributed by atoms with van der Waals surface area (Å²) >= 11 is 0. The van der Waals surface area contributed by atoms with E-state index in [1.54, 1.807) is 6.92 Å². The molecule has 0 aliphatic rings. The Hall–Kier alpha value is -2.37. The molecular weight excluding hydrogens is 258 g/mol. The number of nitrogens with one attached hydrogen (secondary N) is 1. The summed E-state index contributed by atoms with van der Waals surface area (Å²) in [7, 11) is 0. The molecule has 6 heteroatoms. The average molecular weight is 275 g/mol. The topological polar surface area (TPSA) is 72.7 Å². The predicted molar refractivity (Wildman–Crippen MR) is 73.2 cm³/mol. The minimum atomic E-state index is -0.305. The van der Waals surface area contributed by atoms with Crippen LogP contribution in [0.5, 0.6) is 0 Å². The highest BCUT2D eigenvalue weighted by Gasteiger charge is 2.08. The van der Waals surface area contributed by atoms with Gasteiger partial charge in [0.15, 0.2) is 0 Å². The van der Waals surface area contributed by atoms with Gasteiger partial charge >= 0.3 is 5.97 Å². The van der Waals surface area contributed by atoms with Gasteiger partial charge in [0.25, 0.3) is 0 Å². The molecule has 2 rings (SSSR count). The first-order chi connectivity index (χ1) is 9.69. The lowest BCUT2D eigenvalue weighted by molar-refractivity contribution is -0.143. The number of rotatable bonds is 6. The second-order valence-corrected chi connectivity index (χ2v) is 4.28. The van der Waals surface area contributed by atoms with Crippen LogP contribution in [0.1, 0.15) is 19.0 Å². The van der Waals surface area contributed by atoms with Crippen molar-refractivity contribution in [3.05, 3.63) is 36.3 Å². The van der Waals surface area contributed by atoms with Crippen LogP contribution in [0.25, 0.3) is 5.65 Å². The van der Waals surface area contributed by atoms with Gasteiger partial charge in [-0.3, -0.25) is 9.59 Å². The van der Waals surface area contributed by atoms with Crippen LogP contribution in [0.15, 0.2) is 30.6 Å². The fourth-order valence-electron chi connectivity index (χ4n) is 1.84. The quantitative estimate of drug-likeness (QED) is 0.797. The third-order valence-electron chi connectivity index (χ3n) is 2.71. The molecule has 0 aliphatic heterocycles. The molecule has 106 valence electrons. The maximum Gasteiger partial charge on any atom is 0.307 e. The summed E-state index contributed by atoms with van der Waals surface area (Å²) in [6.07, 6.45) is 4.08. The van der Waals surface area contributed by atoms with Gasteiger partial charge in [0, 0.05) is 18.9 Å². The Morgan fingerprint density at radius 1 is 1.40 bits per heavy atom. The summed E-state index contributed by atoms with van der Waals surface area (Å²) in [6.45, 7) is 2.39. The molecule has 0 saturated heterocycles. The van der Waals surface area contributed by atoms with Gasteiger partial charge in [-0.25, -0.2) is 4.98 Å². The van der Waals surface area contributed by atoms with Gasteiger partial charge < -0.3 is 14.5 Å². The van der Waals surface area contributed by atoms with Gasteiger partial charge in [0.1, 0.15) is 5.65 Å². The van der Waals surface area contributed by atoms with Crippen molar-refractivity contribution in [3.8, 4) is 0 Å². The highest BCUT2D eigenvalue weighted by Crippen LogP contribution is 2.04. The first-order valence-electron chi connectivity index (χ1n) is 6.54. The zero-order valence-electron chi connectivity index (χ0n) is 11.3. The number of carbonyl (C=O) groups excluding carboxylic acids is 2. The number of ether oxygens (including phenoxy) is 1. The SMILES string of the molecule is CCOC(=O)CCNC(=O)Cc1cn2ccccc2n1. The summed E-state index contributed by atoms with van der Waals surface area (Å²) < 4.78 is 6.64. The third kappa shape index (κ3) is 3.81. The van der Waals surface area contributed by atoms with E-state index in [2.05, 4.69) is 10.3 Å². The second kappa shape index (κ2) is 6.70. The molecule has 1 amide bonds. The van der Waals surface area contributed by atoms with Gasteiger partial charge in [0.05, 0.1) is 25.1 Å². The molecule has 0 atom stereocenters. The Labute approximate surface area is 116 Å². The maximum absolute atomic E-state index is 11.7. The van der Waals surface area contributed by atoms with Crippen LogP contribution in [-0.2, 0) is 20.7 Å². The monoisotopic (exact) mass is 275 g/mol. The van der Waals surface area contributed by atoms with Crippen LogP contribution in [0.2, 0.25) is 0 Å². The number of nitrogens with zero attached hydrogens (tertiary/aromatic N) is 2. The maximum atomic E-state index is 11.7. The van der Waals surface area contributed by atoms with Gasteiger partial charge in [-0.1, -0.05) is 6.07 Å². The summed E-state index contributed by atoms with van der Waals surface area (Å²) in [4.78, 5) is 27.2. The summed E-state index contributed by atoms with van der Waals surface area (Å²) in [5, 5.41) is 2.68. The Balaban J connectivity index is 1.81. The van der Waals surface area contributed by atoms with Crippen LogP contribution in [-0.4, -0.2) is 34.4 Å². The minimum Gasteiger partial charge on any atom is -0.466 e. The molecule has 1 N–H and O–H groups in total. The van der Waals surface area contributed by atoms with Crippen LogP contribution in [0, 0.1) is 0 Å². The smallest absolute Gasteiger partial charge is 0.307 e. The fraction of sp³-hybridized carbons (Fsp3) is 0.357. The molecule has 0 aromatic carbocycles. The third-order valence-corrected chi connectivity index (χ3v) is 2.71. The molecule has 20 heavy (non-hydrogen) atoms. The zero-order valence-corrected chi connectivity index (χ0v) is 11.3. The van der Waals surface area contributed by atoms with E-state index in [-0.39, 0.29) is 31.3 Å². The van der Waals surface area contributed by atoms with Gasteiger partial charge in [-0.15, -0.1) is 0 Å². The van der Waals surface area contributed by atoms with Gasteiger partial charge in [-0.05, 0) is 19.1 Å². The highest BCUT2D eigenvalue weighted by atomic mass is 16.5. The summed E-state index contributed by atoms with van der Waals surface area (Å²) in [5.74, 6) is -0.460. The lowest BCUT2D eigenvalue weighted by atomic mass is 10.3. The van der Waals surface area contributed by atoms with Crippen molar-refractivity contribution in [2.75, 3.05) is 13.2 Å². The lowest BCUT2D eigenvalue weighted by Gasteiger charge is -2.03. The molecule has 0 aliphatic carbocycles. The minimum absolute atomic E-state index is 0.155. The van der Waals surface area contributed by atoms with Crippen LogP contribution >= 0.6 is 0 Å². The Kier molecular flexibility index (Phi) is 4.70. The molecular formula is C14H17N3O3. The van der Waals surface area contributed by atoms with E-state index in [0.29, 0.717) is 12.3 Å². The van der Waals surface area contributed by atoms with E-state index in [1.165, 1.54) is 0 Å². The second-order valence-electron chi connectivity index (χ2n) is 4.28. The molecule has 0 fully saturated rings. The molecule has 6 nitrogen and oxygen atoms in total. The number of aromatic nitrogens is 2. The fourth-order valence-corrected chi connectivity index (χ4v) is 1.84. The first kappa shape index (κ1) is 14.0. The van der Waals surface area contributed by atoms with Crippen molar-refractivity contribution >= 4 is 17.5 Å². The number of pyridine rings is 1. The molecule has 0 spiro atoms. The van der Waals surface area contributed by atoms with Crippen LogP contribution in [0.3, 0.4) is 0 Å². The van der Waals surface area contributed by atoms with Crippen molar-refractivity contribution in [1.29, 1.82) is 0 Å². The predicted octanol–water partition coefficient (Wildman–Crippen LogP) is 0.946. The van der Waals surface area contributed by atoms with E-state index < -0.39 is 0 Å². The Morgan fingerprint density at radius 3 is 3.00 bits per heavy atom. The standard InChI is InChI=1S/C14H17N3O3/c1-2-20-14(19)6-7-15-13(18)9-11-10-17-8-4-3-5-12(17)16-11/h3-5,8,10H,2,6-7,9H2,1H3,(H,15,18). The molecule has 2 heterocycles. The van der Waals surface area contributed by atoms with Crippen molar-refractivity contribution < 1.29 is 14.3 Å². The molecule has 0 radical (unpaired) electrons. The van der Waals surface area contributed by atoms with E-state index >= 15 is 0 Å². The average Bonchev–Trinajstić information content (AvgIpc) is 2.80. The van der Waals surface area contributed by atoms with E-state index in [0.717, 1.165) is 5.65 Å². The Morgan fingerprint density at radius 2 is 2.25 bits per heavy atom. The number of esters is 1. The summed E-state index contributed by atoms with van der Waals surface area (Å²) in [5.41, 5.74) is 1.51. The van der Waals surface area contributed by atoms with Gasteiger partial charge in [-0.2, -0.15) is 0 Å². The van der Waals surface area contributed by atoms with Crippen LogP contribution < -0.4 is 5.32 Å². The van der Waals surface area contributed by atoms with Crippen molar-refractivity contribution in [3.63, 3.8) is 0 Å². The van der Waals surface area contributed by atoms with E-state index in [4.69, 9.17) is 4.74 Å². The molecule has 0 unspecified atom stereocenters. The van der Waals surface area contributed by atoms with E-state index in [1.807, 2.05) is 35.0 Å². The summed E-state index contributed by atoms with van der Waals surface area (Å²) in [6, 6.07) is 5.67. The number of hydrogen-bond donors (Lipinski definition) is 1. The normalized spacial score (nSPS) is 10.4. The first-order valence-corrected chi connectivity index (χ1v) is 6.54. The number of imidazole rings is 1. The number of carbonyl (C=O) groups is 2. The largest absolute Gasteiger partial charge is 0.466 e. The highest BCUT2D eigenvalue weighted by molar-refractivity contribution is 5.79. The number of amides is 1. The molecule has 2 aromatic rings.